The van der Waals surface area contributed by atoms with Gasteiger partial charge in [-0.3, -0.25) is 9.78 Å². The highest BCUT2D eigenvalue weighted by atomic mass is 17.5. The molecular weight excluding hydrogens is 624 g/mol. The second kappa shape index (κ2) is 24.6. The van der Waals surface area contributed by atoms with E-state index in [0.29, 0.717) is 17.6 Å². The number of aliphatic hydroxyl groups excluding tert-OH is 2. The molecule has 0 saturated heterocycles. The van der Waals surface area contributed by atoms with Gasteiger partial charge in [-0.2, -0.15) is 0 Å². The van der Waals surface area contributed by atoms with Gasteiger partial charge in [0.15, 0.2) is 12.5 Å². The fourth-order valence-corrected chi connectivity index (χ4v) is 6.56. The van der Waals surface area contributed by atoms with Crippen LogP contribution < -0.4 is 9.62 Å². The minimum Gasteiger partial charge on any atom is -0.464 e. The third-order valence-corrected chi connectivity index (χ3v) is 9.28. The normalized spacial score (nSPS) is 19.9. The van der Waals surface area contributed by atoms with Crippen LogP contribution >= 0.6 is 0 Å². The average molecular weight is 683 g/mol. The predicted octanol–water partition coefficient (Wildman–Crippen LogP) is 8.65. The van der Waals surface area contributed by atoms with E-state index in [0.717, 1.165) is 49.4 Å². The molecule has 2 saturated carbocycles. The summed E-state index contributed by atoms with van der Waals surface area (Å²) in [6, 6.07) is 15.3. The molecule has 0 radical (unpaired) electrons. The molecule has 2 aliphatic carbocycles. The molecule has 49 heavy (non-hydrogen) atoms. The van der Waals surface area contributed by atoms with Crippen molar-refractivity contribution in [3.8, 4) is 11.5 Å². The van der Waals surface area contributed by atoms with Crippen molar-refractivity contribution >= 4 is 12.3 Å². The maximum absolute atomic E-state index is 11.7. The molecule has 2 fully saturated rings. The second-order valence-electron chi connectivity index (χ2n) is 12.7. The summed E-state index contributed by atoms with van der Waals surface area (Å²) in [5.74, 6) is 2.39. The van der Waals surface area contributed by atoms with Gasteiger partial charge in [0.25, 0.3) is 0 Å². The number of aldehydes is 1. The second-order valence-corrected chi connectivity index (χ2v) is 12.7. The topological polar surface area (TPSA) is 121 Å². The van der Waals surface area contributed by atoms with Crippen LogP contribution in [0.15, 0.2) is 67.3 Å². The van der Waals surface area contributed by atoms with Gasteiger partial charge < -0.3 is 24.5 Å². The lowest BCUT2D eigenvalue weighted by Crippen LogP contribution is -2.14. The van der Waals surface area contributed by atoms with E-state index >= 15 is 0 Å². The zero-order chi connectivity index (χ0) is 35.9. The van der Waals surface area contributed by atoms with Crippen molar-refractivity contribution in [2.24, 2.45) is 5.92 Å². The van der Waals surface area contributed by atoms with Gasteiger partial charge in [0.05, 0.1) is 18.8 Å². The predicted molar refractivity (Wildman–Crippen MR) is 191 cm³/mol. The minimum atomic E-state index is -0.912. The molecule has 0 atom stereocenters. The van der Waals surface area contributed by atoms with Crippen molar-refractivity contribution < 1.29 is 44.1 Å². The molecule has 0 spiro atoms. The molecule has 0 amide bonds. The number of unbranched alkanes of at least 4 members (excludes halogenated alkanes) is 2. The fourth-order valence-electron chi connectivity index (χ4n) is 6.56. The first-order valence-electron chi connectivity index (χ1n) is 17.7. The number of rotatable bonds is 16. The van der Waals surface area contributed by atoms with E-state index < -0.39 is 12.6 Å². The molecule has 2 aromatic rings. The number of ether oxygens (including phenoxy) is 2. The monoisotopic (exact) mass is 682 g/mol. The Bertz CT molecular complexity index is 1230. The van der Waals surface area contributed by atoms with Gasteiger partial charge in [-0.1, -0.05) is 75.6 Å². The largest absolute Gasteiger partial charge is 0.464 e. The number of aliphatic hydroxyl groups is 2. The highest BCUT2D eigenvalue weighted by Crippen LogP contribution is 2.43. The van der Waals surface area contributed by atoms with Crippen LogP contribution in [0.2, 0.25) is 0 Å². The summed E-state index contributed by atoms with van der Waals surface area (Å²) in [6.45, 7) is 9.94. The zero-order valence-electron chi connectivity index (χ0n) is 29.8. The number of hydrogen-bond donors (Lipinski definition) is 2. The summed E-state index contributed by atoms with van der Waals surface area (Å²) in [7, 11) is 1.53. The third-order valence-electron chi connectivity index (χ3n) is 9.28. The number of hydrogen-bond acceptors (Lipinski definition) is 9. The van der Waals surface area contributed by atoms with Gasteiger partial charge in [-0.05, 0) is 111 Å². The average Bonchev–Trinajstić information content (AvgIpc) is 3.15. The van der Waals surface area contributed by atoms with Crippen LogP contribution in [0.5, 0.6) is 11.5 Å². The lowest BCUT2D eigenvalue weighted by molar-refractivity contribution is -0.435. The first-order chi connectivity index (χ1) is 23.8. The van der Waals surface area contributed by atoms with Gasteiger partial charge in [-0.15, -0.1) is 6.58 Å². The molecule has 2 aromatic carbocycles. The summed E-state index contributed by atoms with van der Waals surface area (Å²) in [5, 5.41) is 21.4. The molecule has 0 aromatic heterocycles. The summed E-state index contributed by atoms with van der Waals surface area (Å²) in [4.78, 5) is 30.3. The van der Waals surface area contributed by atoms with Crippen molar-refractivity contribution in [3.63, 3.8) is 0 Å². The third kappa shape index (κ3) is 14.9. The quantitative estimate of drug-likeness (QED) is 0.0341. The summed E-state index contributed by atoms with van der Waals surface area (Å²) in [5.41, 5.74) is 3.95. The van der Waals surface area contributed by atoms with E-state index in [4.69, 9.17) is 29.4 Å². The molecule has 272 valence electrons. The van der Waals surface area contributed by atoms with Crippen LogP contribution in [0.1, 0.15) is 125 Å². The molecule has 2 N–H and O–H groups in total. The minimum absolute atomic E-state index is 0.0288. The van der Waals surface area contributed by atoms with Gasteiger partial charge in [0, 0.05) is 12.1 Å². The fraction of sp³-hybridized carbons (Fsp3) is 0.550. The molecule has 0 unspecified atom stereocenters. The number of benzene rings is 2. The first kappa shape index (κ1) is 41.7. The van der Waals surface area contributed by atoms with Crippen LogP contribution in [0.4, 0.5) is 0 Å². The lowest BCUT2D eigenvalue weighted by Gasteiger charge is -2.31. The van der Waals surface area contributed by atoms with Crippen molar-refractivity contribution in [3.05, 3.63) is 84.0 Å². The van der Waals surface area contributed by atoms with Gasteiger partial charge >= 0.3 is 5.97 Å². The Kier molecular flexibility index (Phi) is 20.9. The first-order valence-corrected chi connectivity index (χ1v) is 17.7. The molecule has 0 heterocycles. The summed E-state index contributed by atoms with van der Waals surface area (Å²) < 4.78 is 10.6. The maximum atomic E-state index is 11.7. The van der Waals surface area contributed by atoms with Crippen molar-refractivity contribution in [2.45, 2.75) is 109 Å². The van der Waals surface area contributed by atoms with Crippen LogP contribution in [-0.4, -0.2) is 49.6 Å². The van der Waals surface area contributed by atoms with Crippen LogP contribution in [0, 0.1) is 5.92 Å². The van der Waals surface area contributed by atoms with Crippen molar-refractivity contribution in [1.82, 2.24) is 0 Å². The van der Waals surface area contributed by atoms with E-state index in [1.165, 1.54) is 82.6 Å². The maximum Gasteiger partial charge on any atom is 0.375 e. The number of methoxy groups -OCH3 is 1. The molecular formula is C40H58O9. The van der Waals surface area contributed by atoms with Gasteiger partial charge in [0.2, 0.25) is 5.75 Å². The van der Waals surface area contributed by atoms with Gasteiger partial charge in [-0.25, -0.2) is 4.79 Å². The Morgan fingerprint density at radius 2 is 1.37 bits per heavy atom. The van der Waals surface area contributed by atoms with E-state index in [-0.39, 0.29) is 24.7 Å². The van der Waals surface area contributed by atoms with Crippen molar-refractivity contribution in [2.75, 3.05) is 27.1 Å². The SMILES string of the molecule is C=C(CO)C(=O)OOOc1cc(C2CCC(c3ccc(C4CCC(CCCCC)CC4)cc3)CC2)ccc1OCOC.C=CCO.CC=O. The molecule has 0 bridgehead atoms. The Morgan fingerprint density at radius 1 is 0.857 bits per heavy atom. The zero-order valence-corrected chi connectivity index (χ0v) is 29.8. The molecule has 9 heteroatoms. The van der Waals surface area contributed by atoms with E-state index in [1.54, 1.807) is 0 Å². The van der Waals surface area contributed by atoms with Crippen molar-refractivity contribution in [1.29, 1.82) is 0 Å². The molecule has 2 aliphatic rings. The molecule has 0 aliphatic heterocycles. The highest BCUT2D eigenvalue weighted by Gasteiger charge is 2.26. The number of carbonyl (C=O) groups excluding carboxylic acids is 2. The van der Waals surface area contributed by atoms with E-state index in [9.17, 15) is 4.79 Å². The molecule has 9 nitrogen and oxygen atoms in total. The Hall–Kier alpha value is -3.50. The van der Waals surface area contributed by atoms with Crippen LogP contribution in [-0.2, 0) is 24.3 Å². The highest BCUT2D eigenvalue weighted by molar-refractivity contribution is 5.87. The standard InChI is InChI=1S/C35H48O7.C3H6O.C2H4O/c1-4-5-6-7-26-8-10-27(11-9-26)28-12-14-29(15-13-28)30-16-18-31(19-17-30)32-20-21-33(39-24-38-3)34(22-32)40-42-41-35(37)25(2)23-36;1-2-3-4;1-2-3/h12-15,20-22,26-27,30-31,36H,2,4-11,16-19,23-24H2,1,3H3;2,4H,1,3H2;2H,1H3. The Morgan fingerprint density at radius 3 is 1.86 bits per heavy atom. The summed E-state index contributed by atoms with van der Waals surface area (Å²) in [6.07, 6.45) is 17.6. The molecule has 4 rings (SSSR count). The van der Waals surface area contributed by atoms with Crippen LogP contribution in [0.3, 0.4) is 0 Å². The summed E-state index contributed by atoms with van der Waals surface area (Å²) >= 11 is 0. The van der Waals surface area contributed by atoms with Crippen LogP contribution in [0.25, 0.3) is 0 Å². The Labute approximate surface area is 293 Å². The Balaban J connectivity index is 0.00000109. The van der Waals surface area contributed by atoms with E-state index in [1.807, 2.05) is 18.2 Å². The van der Waals surface area contributed by atoms with E-state index in [2.05, 4.69) is 54.3 Å². The lowest BCUT2D eigenvalue weighted by atomic mass is 9.75. The smallest absolute Gasteiger partial charge is 0.375 e. The van der Waals surface area contributed by atoms with Gasteiger partial charge in [0.1, 0.15) is 6.29 Å². The number of carbonyl (C=O) groups is 2.